The molecule has 48 heavy (non-hydrogen) atoms. The normalized spacial score (nSPS) is 12.1. The van der Waals surface area contributed by atoms with Crippen LogP contribution in [-0.2, 0) is 0 Å². The average molecular weight is 730 g/mol. The van der Waals surface area contributed by atoms with Crippen molar-refractivity contribution in [3.05, 3.63) is 200 Å². The summed E-state index contributed by atoms with van der Waals surface area (Å²) in [6, 6.07) is 72.0. The monoisotopic (exact) mass is 729 g/mol. The molecular weight excluding hydrogens is 694 g/mol. The fourth-order valence-corrected chi connectivity index (χ4v) is 18.3. The lowest BCUT2D eigenvalue weighted by Gasteiger charge is -2.27. The minimum atomic E-state index is -2.42. The quantitative estimate of drug-likeness (QED) is 0.0972. The number of rotatable bonds is 9. The molecule has 0 nitrogen and oxygen atoms in total. The predicted molar refractivity (Wildman–Crippen MR) is 230 cm³/mol. The van der Waals surface area contributed by atoms with Crippen LogP contribution in [0.25, 0.3) is 0 Å². The second-order valence-corrected chi connectivity index (χ2v) is 25.5. The molecule has 234 valence electrons. The van der Waals surface area contributed by atoms with Gasteiger partial charge in [0.1, 0.15) is 47.7 Å². The van der Waals surface area contributed by atoms with Crippen molar-refractivity contribution in [3.63, 3.8) is 0 Å². The summed E-state index contributed by atoms with van der Waals surface area (Å²) < 4.78 is 0. The zero-order valence-electron chi connectivity index (χ0n) is 26.2. The van der Waals surface area contributed by atoms with Crippen molar-refractivity contribution in [2.75, 3.05) is 0 Å². The summed E-state index contributed by atoms with van der Waals surface area (Å²) in [5.74, 6) is 0. The van der Waals surface area contributed by atoms with Crippen LogP contribution in [0.5, 0.6) is 0 Å². The Morgan fingerprint density at radius 1 is 0.208 bits per heavy atom. The van der Waals surface area contributed by atoms with Crippen LogP contribution >= 0.6 is 56.1 Å². The Hall–Kier alpha value is -3.12. The van der Waals surface area contributed by atoms with Gasteiger partial charge in [-0.2, -0.15) is 0 Å². The molecule has 0 aliphatic rings. The third kappa shape index (κ3) is 6.12. The predicted octanol–water partition coefficient (Wildman–Crippen LogP) is 8.10. The molecule has 7 aromatic carbocycles. The molecule has 0 aliphatic heterocycles. The van der Waals surface area contributed by atoms with Gasteiger partial charge in [-0.3, -0.25) is 0 Å². The molecule has 0 saturated carbocycles. The second kappa shape index (κ2) is 14.4. The zero-order chi connectivity index (χ0) is 33.0. The van der Waals surface area contributed by atoms with Crippen molar-refractivity contribution in [1.82, 2.24) is 0 Å². The Morgan fingerprint density at radius 2 is 0.354 bits per heavy atom. The fraction of sp³-hybridized carbons (Fsp3) is 0. The largest absolute Gasteiger partial charge is 0.167 e. The van der Waals surface area contributed by atoms with E-state index in [-0.39, 0.29) is 0 Å². The van der Waals surface area contributed by atoms with E-state index in [1.807, 2.05) is 0 Å². The first-order chi connectivity index (χ1) is 23.4. The minimum absolute atomic E-state index is 1.20. The molecule has 0 aromatic heterocycles. The van der Waals surface area contributed by atoms with Crippen molar-refractivity contribution >= 4 is 104 Å². The number of hydrogen-bond acceptors (Lipinski definition) is 3. The van der Waals surface area contributed by atoms with Gasteiger partial charge in [0.15, 0.2) is 19.4 Å². The summed E-state index contributed by atoms with van der Waals surface area (Å²) in [6.07, 6.45) is 0. The van der Waals surface area contributed by atoms with Gasteiger partial charge in [0.2, 0.25) is 0 Å². The van der Waals surface area contributed by atoms with E-state index in [4.69, 9.17) is 36.7 Å². The van der Waals surface area contributed by atoms with Gasteiger partial charge in [0.05, 0.1) is 0 Å². The van der Waals surface area contributed by atoms with Crippen LogP contribution in [0, 0.1) is 0 Å². The number of thiol groups is 3. The topological polar surface area (TPSA) is 0 Å². The van der Waals surface area contributed by atoms with E-state index in [0.29, 0.717) is 0 Å². The maximum Gasteiger partial charge on any atom is 0.167 e. The summed E-state index contributed by atoms with van der Waals surface area (Å²) in [5, 5.41) is 10.9. The van der Waals surface area contributed by atoms with Crippen LogP contribution in [0.1, 0.15) is 0 Å². The molecule has 0 unspecified atom stereocenters. The van der Waals surface area contributed by atoms with E-state index >= 15 is 0 Å². The molecule has 0 amide bonds. The summed E-state index contributed by atoms with van der Waals surface area (Å²) in [5.41, 5.74) is 0. The smallest absolute Gasteiger partial charge is 0.0620 e. The van der Waals surface area contributed by atoms with Crippen LogP contribution in [0.2, 0.25) is 0 Å². The van der Waals surface area contributed by atoms with Crippen molar-refractivity contribution in [3.8, 4) is 0 Å². The van der Waals surface area contributed by atoms with Gasteiger partial charge < -0.3 is 0 Å². The number of benzene rings is 7. The molecule has 0 radical (unpaired) electrons. The van der Waals surface area contributed by atoms with Gasteiger partial charge in [0.25, 0.3) is 0 Å². The molecule has 6 heteroatoms. The standard InChI is InChI=1S/C42H36P3S3/c46-43(34-19-7-1-8-20-34,35-21-9-2-10-22-35)40-31-41(44(47,36-23-11-3-12-24-36)37-25-13-4-14-26-37)33-42(32-40)45(48,38-27-15-5-16-28-38)39-29-17-6-18-30-39/h1-33,46-48H/q+3. The minimum Gasteiger partial charge on any atom is -0.0620 e. The first kappa shape index (κ1) is 33.4. The molecule has 0 N–H and O–H groups in total. The first-order valence-corrected chi connectivity index (χ1v) is 24.6. The molecule has 0 heterocycles. The van der Waals surface area contributed by atoms with E-state index in [1.54, 1.807) is 0 Å². The number of hydrogen-bond donors (Lipinski definition) is 3. The van der Waals surface area contributed by atoms with E-state index < -0.39 is 19.4 Å². The Morgan fingerprint density at radius 3 is 0.500 bits per heavy atom. The van der Waals surface area contributed by atoms with Crippen molar-refractivity contribution < 1.29 is 0 Å². The SMILES string of the molecule is S[P+](c1ccccc1)(c1ccccc1)c1cc([P+](S)(c2ccccc2)c2ccccc2)cc([P+](S)(c2ccccc2)c2ccccc2)c1. The lowest BCUT2D eigenvalue weighted by molar-refractivity contribution is 1.74. The maximum atomic E-state index is 5.81. The lowest BCUT2D eigenvalue weighted by Crippen LogP contribution is -2.38. The Kier molecular flexibility index (Phi) is 10.0. The third-order valence-electron chi connectivity index (χ3n) is 8.79. The van der Waals surface area contributed by atoms with Gasteiger partial charge in [-0.05, 0) is 72.8 Å². The Bertz CT molecular complexity index is 1720. The molecular formula is C42H36P3S3+3. The highest BCUT2D eigenvalue weighted by molar-refractivity contribution is 8.62. The first-order valence-electron chi connectivity index (χ1n) is 15.8. The molecule has 0 spiro atoms. The second-order valence-electron chi connectivity index (χ2n) is 11.6. The average Bonchev–Trinajstić information content (AvgIpc) is 3.18. The Balaban J connectivity index is 1.62. The van der Waals surface area contributed by atoms with Gasteiger partial charge in [-0.15, -0.1) is 0 Å². The van der Waals surface area contributed by atoms with Gasteiger partial charge >= 0.3 is 0 Å². The van der Waals surface area contributed by atoms with Crippen LogP contribution in [-0.4, -0.2) is 0 Å². The van der Waals surface area contributed by atoms with Crippen molar-refractivity contribution in [2.24, 2.45) is 0 Å². The molecule has 0 atom stereocenters. The molecule has 7 rings (SSSR count). The summed E-state index contributed by atoms with van der Waals surface area (Å²) in [4.78, 5) is 0. The van der Waals surface area contributed by atoms with Crippen LogP contribution in [0.15, 0.2) is 200 Å². The van der Waals surface area contributed by atoms with E-state index in [9.17, 15) is 0 Å². The summed E-state index contributed by atoms with van der Waals surface area (Å²) in [7, 11) is 0. The van der Waals surface area contributed by atoms with Crippen molar-refractivity contribution in [2.45, 2.75) is 0 Å². The van der Waals surface area contributed by atoms with Gasteiger partial charge in [-0.25, -0.2) is 0 Å². The van der Waals surface area contributed by atoms with Crippen LogP contribution in [0.3, 0.4) is 0 Å². The summed E-state index contributed by atoms with van der Waals surface area (Å²) >= 11 is 17.4. The third-order valence-corrected chi connectivity index (χ3v) is 24.3. The van der Waals surface area contributed by atoms with Crippen molar-refractivity contribution in [1.29, 1.82) is 0 Å². The van der Waals surface area contributed by atoms with E-state index in [0.717, 1.165) is 0 Å². The van der Waals surface area contributed by atoms with Gasteiger partial charge in [-0.1, -0.05) is 109 Å². The molecule has 0 saturated heterocycles. The highest BCUT2D eigenvalue weighted by Gasteiger charge is 2.51. The summed E-state index contributed by atoms with van der Waals surface area (Å²) in [6.45, 7) is -7.27. The molecule has 0 aliphatic carbocycles. The molecule has 0 fully saturated rings. The van der Waals surface area contributed by atoms with E-state index in [2.05, 4.69) is 200 Å². The highest BCUT2D eigenvalue weighted by atomic mass is 32.7. The zero-order valence-corrected chi connectivity index (χ0v) is 31.6. The van der Waals surface area contributed by atoms with Crippen LogP contribution < -0.4 is 47.7 Å². The van der Waals surface area contributed by atoms with E-state index in [1.165, 1.54) is 47.7 Å². The van der Waals surface area contributed by atoms with Gasteiger partial charge in [0, 0.05) is 54.9 Å². The maximum absolute atomic E-state index is 5.81. The lowest BCUT2D eigenvalue weighted by atomic mass is 10.3. The molecule has 7 aromatic rings. The highest BCUT2D eigenvalue weighted by Crippen LogP contribution is 2.65. The fourth-order valence-electron chi connectivity index (χ4n) is 6.34. The van der Waals surface area contributed by atoms with Crippen LogP contribution in [0.4, 0.5) is 0 Å². The Labute approximate surface area is 302 Å². The molecule has 0 bridgehead atoms.